The first-order valence-corrected chi connectivity index (χ1v) is 9.38. The van der Waals surface area contributed by atoms with Crippen LogP contribution in [-0.2, 0) is 0 Å². The van der Waals surface area contributed by atoms with E-state index >= 15 is 0 Å². The molecule has 0 aliphatic carbocycles. The average molecular weight is 377 g/mol. The number of hydrogen-bond acceptors (Lipinski definition) is 5. The number of nitrogen functional groups attached to an aromatic ring is 1. The third-order valence-corrected chi connectivity index (χ3v) is 5.22. The summed E-state index contributed by atoms with van der Waals surface area (Å²) in [6, 6.07) is 16.5. The summed E-state index contributed by atoms with van der Waals surface area (Å²) in [6.45, 7) is 0. The second-order valence-electron chi connectivity index (χ2n) is 6.05. The predicted molar refractivity (Wildman–Crippen MR) is 105 cm³/mol. The van der Waals surface area contributed by atoms with E-state index in [1.54, 1.807) is 17.8 Å². The summed E-state index contributed by atoms with van der Waals surface area (Å²) in [4.78, 5) is 37.5. The molecule has 1 aliphatic rings. The molecule has 3 aromatic rings. The number of aromatic nitrogens is 1. The SMILES string of the molecule is CSc1ccc(-c2cccc(-n3c(N)c4c(cc3=O)C(=O)NC4=O)c2)cc1. The molecule has 0 unspecified atom stereocenters. The molecule has 0 bridgehead atoms. The highest BCUT2D eigenvalue weighted by atomic mass is 32.2. The molecule has 0 saturated heterocycles. The summed E-state index contributed by atoms with van der Waals surface area (Å²) in [6.07, 6.45) is 2.01. The molecule has 2 amide bonds. The van der Waals surface area contributed by atoms with Gasteiger partial charge in [-0.1, -0.05) is 24.3 Å². The fourth-order valence-corrected chi connectivity index (χ4v) is 3.56. The van der Waals surface area contributed by atoms with E-state index in [9.17, 15) is 14.4 Å². The van der Waals surface area contributed by atoms with Crippen LogP contribution in [0.3, 0.4) is 0 Å². The first-order valence-electron chi connectivity index (χ1n) is 8.15. The Bertz CT molecular complexity index is 1150. The number of imide groups is 1. The quantitative estimate of drug-likeness (QED) is 0.541. The number of carbonyl (C=O) groups is 2. The van der Waals surface area contributed by atoms with E-state index in [0.29, 0.717) is 5.69 Å². The normalized spacial score (nSPS) is 12.8. The van der Waals surface area contributed by atoms with Crippen molar-refractivity contribution in [3.05, 3.63) is 76.1 Å². The molecule has 0 saturated carbocycles. The van der Waals surface area contributed by atoms with E-state index in [2.05, 4.69) is 5.32 Å². The van der Waals surface area contributed by atoms with Crippen molar-refractivity contribution in [3.8, 4) is 16.8 Å². The van der Waals surface area contributed by atoms with Crippen LogP contribution in [0.2, 0.25) is 0 Å². The van der Waals surface area contributed by atoms with E-state index < -0.39 is 17.4 Å². The Morgan fingerprint density at radius 2 is 1.67 bits per heavy atom. The second-order valence-corrected chi connectivity index (χ2v) is 6.93. The zero-order valence-electron chi connectivity index (χ0n) is 14.4. The lowest BCUT2D eigenvalue weighted by Crippen LogP contribution is -2.24. The summed E-state index contributed by atoms with van der Waals surface area (Å²) in [5.74, 6) is -1.24. The zero-order valence-corrected chi connectivity index (χ0v) is 15.2. The lowest BCUT2D eigenvalue weighted by Gasteiger charge is -2.13. The molecule has 1 aliphatic heterocycles. The average Bonchev–Trinajstić information content (AvgIpc) is 2.95. The topological polar surface area (TPSA) is 94.2 Å². The number of carbonyl (C=O) groups excluding carboxylic acids is 2. The molecule has 27 heavy (non-hydrogen) atoms. The number of rotatable bonds is 3. The Kier molecular flexibility index (Phi) is 4.08. The second kappa shape index (κ2) is 6.44. The minimum absolute atomic E-state index is 0.0163. The summed E-state index contributed by atoms with van der Waals surface area (Å²) in [7, 11) is 0. The van der Waals surface area contributed by atoms with Crippen LogP contribution in [0.25, 0.3) is 16.8 Å². The van der Waals surface area contributed by atoms with Gasteiger partial charge >= 0.3 is 0 Å². The molecule has 0 fully saturated rings. The monoisotopic (exact) mass is 377 g/mol. The van der Waals surface area contributed by atoms with Crippen molar-refractivity contribution in [2.45, 2.75) is 4.90 Å². The van der Waals surface area contributed by atoms with E-state index in [-0.39, 0.29) is 16.9 Å². The molecule has 4 rings (SSSR count). The van der Waals surface area contributed by atoms with Gasteiger partial charge < -0.3 is 5.73 Å². The number of fused-ring (bicyclic) bond motifs is 1. The molecule has 134 valence electrons. The minimum atomic E-state index is -0.603. The van der Waals surface area contributed by atoms with Crippen LogP contribution in [-0.4, -0.2) is 22.6 Å². The number of pyridine rings is 1. The van der Waals surface area contributed by atoms with Crippen LogP contribution >= 0.6 is 11.8 Å². The molecule has 2 aromatic carbocycles. The first-order chi connectivity index (χ1) is 13.0. The molecule has 3 N–H and O–H groups in total. The number of nitrogens with two attached hydrogens (primary N) is 1. The molecule has 0 atom stereocenters. The fourth-order valence-electron chi connectivity index (χ4n) is 3.15. The Morgan fingerprint density at radius 3 is 2.37 bits per heavy atom. The van der Waals surface area contributed by atoms with Crippen molar-refractivity contribution in [1.82, 2.24) is 9.88 Å². The van der Waals surface area contributed by atoms with Crippen LogP contribution in [0.15, 0.2) is 64.3 Å². The Balaban J connectivity index is 1.86. The highest BCUT2D eigenvalue weighted by Gasteiger charge is 2.31. The van der Waals surface area contributed by atoms with Crippen LogP contribution in [0.4, 0.5) is 5.82 Å². The van der Waals surface area contributed by atoms with Crippen LogP contribution in [0.5, 0.6) is 0 Å². The van der Waals surface area contributed by atoms with Gasteiger partial charge in [-0.15, -0.1) is 11.8 Å². The smallest absolute Gasteiger partial charge is 0.262 e. The lowest BCUT2D eigenvalue weighted by atomic mass is 10.0. The standard InChI is InChI=1S/C20H15N3O3S/c1-27-14-7-5-11(6-8-14)12-3-2-4-13(9-12)23-16(24)10-15-17(18(23)21)20(26)22-19(15)25/h2-10H,21H2,1H3,(H,22,25,26). The van der Waals surface area contributed by atoms with Crippen molar-refractivity contribution in [1.29, 1.82) is 0 Å². The summed E-state index contributed by atoms with van der Waals surface area (Å²) in [5.41, 5.74) is 8.11. The largest absolute Gasteiger partial charge is 0.384 e. The van der Waals surface area contributed by atoms with E-state index in [4.69, 9.17) is 5.73 Å². The van der Waals surface area contributed by atoms with Gasteiger partial charge in [0, 0.05) is 11.0 Å². The van der Waals surface area contributed by atoms with Gasteiger partial charge in [0.15, 0.2) is 0 Å². The van der Waals surface area contributed by atoms with Crippen LogP contribution in [0, 0.1) is 0 Å². The molecule has 0 radical (unpaired) electrons. The maximum atomic E-state index is 12.6. The Labute approximate surface area is 159 Å². The molecule has 0 spiro atoms. The molecule has 6 nitrogen and oxygen atoms in total. The van der Waals surface area contributed by atoms with Crippen molar-refractivity contribution in [2.24, 2.45) is 0 Å². The van der Waals surface area contributed by atoms with Gasteiger partial charge in [-0.25, -0.2) is 0 Å². The number of nitrogens with one attached hydrogen (secondary N) is 1. The van der Waals surface area contributed by atoms with Crippen molar-refractivity contribution < 1.29 is 9.59 Å². The van der Waals surface area contributed by atoms with Gasteiger partial charge in [-0.3, -0.25) is 24.3 Å². The van der Waals surface area contributed by atoms with Gasteiger partial charge in [-0.2, -0.15) is 0 Å². The third kappa shape index (κ3) is 2.82. The number of nitrogens with zero attached hydrogens (tertiary/aromatic N) is 1. The maximum Gasteiger partial charge on any atom is 0.262 e. The summed E-state index contributed by atoms with van der Waals surface area (Å²) >= 11 is 1.66. The van der Waals surface area contributed by atoms with Gasteiger partial charge in [0.05, 0.1) is 16.8 Å². The Hall–Kier alpha value is -3.32. The lowest BCUT2D eigenvalue weighted by molar-refractivity contribution is 0.0880. The number of amides is 2. The maximum absolute atomic E-state index is 12.6. The van der Waals surface area contributed by atoms with Gasteiger partial charge in [-0.05, 0) is 41.6 Å². The number of thioether (sulfide) groups is 1. The molecule has 7 heteroatoms. The molecule has 2 heterocycles. The number of anilines is 1. The van der Waals surface area contributed by atoms with Gasteiger partial charge in [0.2, 0.25) is 0 Å². The third-order valence-electron chi connectivity index (χ3n) is 4.48. The Morgan fingerprint density at radius 1 is 0.926 bits per heavy atom. The molecule has 1 aromatic heterocycles. The van der Waals surface area contributed by atoms with Crippen molar-refractivity contribution in [3.63, 3.8) is 0 Å². The summed E-state index contributed by atoms with van der Waals surface area (Å²) in [5, 5.41) is 2.16. The highest BCUT2D eigenvalue weighted by Crippen LogP contribution is 2.27. The predicted octanol–water partition coefficient (Wildman–Crippen LogP) is 2.69. The van der Waals surface area contributed by atoms with Crippen LogP contribution < -0.4 is 16.6 Å². The highest BCUT2D eigenvalue weighted by molar-refractivity contribution is 7.98. The summed E-state index contributed by atoms with van der Waals surface area (Å²) < 4.78 is 1.25. The van der Waals surface area contributed by atoms with Crippen molar-refractivity contribution in [2.75, 3.05) is 12.0 Å². The van der Waals surface area contributed by atoms with Gasteiger partial charge in [0.1, 0.15) is 5.82 Å². The van der Waals surface area contributed by atoms with E-state index in [0.717, 1.165) is 22.1 Å². The van der Waals surface area contributed by atoms with Crippen LogP contribution in [0.1, 0.15) is 20.7 Å². The number of benzene rings is 2. The van der Waals surface area contributed by atoms with E-state index in [1.807, 2.05) is 48.7 Å². The fraction of sp³-hybridized carbons (Fsp3) is 0.0500. The minimum Gasteiger partial charge on any atom is -0.384 e. The molecular formula is C20H15N3O3S. The first kappa shape index (κ1) is 17.1. The van der Waals surface area contributed by atoms with E-state index in [1.165, 1.54) is 4.57 Å². The number of hydrogen-bond donors (Lipinski definition) is 2. The zero-order chi connectivity index (χ0) is 19.1. The van der Waals surface area contributed by atoms with Crippen molar-refractivity contribution >= 4 is 29.4 Å². The molecular weight excluding hydrogens is 362 g/mol. The van der Waals surface area contributed by atoms with Gasteiger partial charge in [0.25, 0.3) is 17.4 Å².